The van der Waals surface area contributed by atoms with Crippen molar-refractivity contribution in [3.63, 3.8) is 0 Å². The van der Waals surface area contributed by atoms with Gasteiger partial charge < -0.3 is 19.7 Å². The molecule has 0 spiro atoms. The summed E-state index contributed by atoms with van der Waals surface area (Å²) in [6.45, 7) is 0.871. The average Bonchev–Trinajstić information content (AvgIpc) is 2.98. The van der Waals surface area contributed by atoms with Gasteiger partial charge in [0.15, 0.2) is 0 Å². The molecule has 0 aliphatic carbocycles. The Bertz CT molecular complexity index is 667. The van der Waals surface area contributed by atoms with Crippen LogP contribution in [0.2, 0.25) is 0 Å². The van der Waals surface area contributed by atoms with Gasteiger partial charge in [-0.15, -0.1) is 0 Å². The van der Waals surface area contributed by atoms with Crippen LogP contribution in [0.3, 0.4) is 0 Å². The van der Waals surface area contributed by atoms with E-state index in [-0.39, 0.29) is 17.5 Å². The Kier molecular flexibility index (Phi) is 4.49. The number of ketones is 1. The largest absolute Gasteiger partial charge is 0.632 e. The third-order valence-electron chi connectivity index (χ3n) is 4.06. The van der Waals surface area contributed by atoms with Gasteiger partial charge in [0.05, 0.1) is 12.5 Å². The summed E-state index contributed by atoms with van der Waals surface area (Å²) in [5.74, 6) is -0.705. The lowest BCUT2D eigenvalue weighted by molar-refractivity contribution is -0.863. The number of hydrogen-bond acceptors (Lipinski definition) is 4. The molecule has 1 fully saturated rings. The van der Waals surface area contributed by atoms with Crippen LogP contribution in [-0.4, -0.2) is 38.9 Å². The third kappa shape index (κ3) is 2.76. The van der Waals surface area contributed by atoms with Gasteiger partial charge in [-0.25, -0.2) is 0 Å². The van der Waals surface area contributed by atoms with E-state index in [0.29, 0.717) is 13.2 Å². The molecule has 0 radical (unpaired) electrons. The number of carbonyl (C=O) groups is 1. The number of benzene rings is 2. The maximum absolute atomic E-state index is 12.8. The predicted octanol–water partition coefficient (Wildman–Crippen LogP) is 0.878. The number of carbonyl (C=O) groups excluding carboxylic acids is 1. The molecule has 5 heteroatoms. The highest BCUT2D eigenvalue weighted by atomic mass is 16.6. The molecular weight excluding hydrogens is 282 g/mol. The lowest BCUT2D eigenvalue weighted by Gasteiger charge is -2.25. The molecule has 0 aromatic heterocycles. The van der Waals surface area contributed by atoms with Crippen molar-refractivity contribution in [2.45, 2.75) is 12.1 Å². The highest BCUT2D eigenvalue weighted by Crippen LogP contribution is 2.27. The van der Waals surface area contributed by atoms with Crippen LogP contribution in [0.1, 0.15) is 11.5 Å². The molecule has 0 amide bonds. The first-order valence-corrected chi connectivity index (χ1v) is 7.37. The molecule has 1 aliphatic heterocycles. The molecular formula is C17H19NO4. The molecule has 1 heterocycles. The lowest BCUT2D eigenvalue weighted by atomic mass is 9.90. The van der Waals surface area contributed by atoms with Gasteiger partial charge in [-0.3, -0.25) is 4.79 Å². The van der Waals surface area contributed by atoms with Crippen LogP contribution in [-0.2, 0) is 14.3 Å². The minimum atomic E-state index is -0.945. The molecule has 22 heavy (non-hydrogen) atoms. The van der Waals surface area contributed by atoms with E-state index in [4.69, 9.17) is 9.47 Å². The number of hydrogen-bond donors (Lipinski definition) is 1. The van der Waals surface area contributed by atoms with E-state index < -0.39 is 12.1 Å². The second-order valence-electron chi connectivity index (χ2n) is 5.45. The van der Waals surface area contributed by atoms with Gasteiger partial charge in [-0.05, 0) is 16.3 Å². The Balaban J connectivity index is 2.01. The molecule has 2 unspecified atom stereocenters. The van der Waals surface area contributed by atoms with Crippen LogP contribution >= 0.6 is 0 Å². The van der Waals surface area contributed by atoms with Crippen LogP contribution < -0.4 is 5.06 Å². The number of nitrogens with one attached hydrogen (secondary N) is 1. The second-order valence-corrected chi connectivity index (χ2v) is 5.45. The Morgan fingerprint density at radius 3 is 2.86 bits per heavy atom. The molecule has 5 nitrogen and oxygen atoms in total. The number of fused-ring (bicyclic) bond motifs is 1. The van der Waals surface area contributed by atoms with Crippen molar-refractivity contribution in [2.24, 2.45) is 0 Å². The first-order valence-electron chi connectivity index (χ1n) is 7.37. The second kappa shape index (κ2) is 6.54. The van der Waals surface area contributed by atoms with Gasteiger partial charge in [0, 0.05) is 7.11 Å². The molecule has 0 saturated carbocycles. The highest BCUT2D eigenvalue weighted by Gasteiger charge is 2.37. The van der Waals surface area contributed by atoms with Crippen LogP contribution in [0.15, 0.2) is 42.5 Å². The van der Waals surface area contributed by atoms with Gasteiger partial charge >= 0.3 is 0 Å². The fraction of sp³-hybridized carbons (Fsp3) is 0.353. The van der Waals surface area contributed by atoms with Gasteiger partial charge in [-0.2, -0.15) is 0 Å². The molecule has 2 aromatic carbocycles. The fourth-order valence-electron chi connectivity index (χ4n) is 2.97. The van der Waals surface area contributed by atoms with Gasteiger partial charge in [0.2, 0.25) is 5.78 Å². The first kappa shape index (κ1) is 15.1. The van der Waals surface area contributed by atoms with Crippen LogP contribution in [0.5, 0.6) is 0 Å². The van der Waals surface area contributed by atoms with E-state index in [1.54, 1.807) is 7.11 Å². The Hall–Kier alpha value is -1.79. The van der Waals surface area contributed by atoms with Gasteiger partial charge in [-0.1, -0.05) is 42.5 Å². The number of Topliss-reactive ketones (excluding diaryl/α,β-unsaturated/α-hetero) is 1. The summed E-state index contributed by atoms with van der Waals surface area (Å²) in [6.07, 6.45) is -0.945. The van der Waals surface area contributed by atoms with Crippen molar-refractivity contribution in [3.8, 4) is 0 Å². The topological polar surface area (TPSA) is 63.0 Å². The van der Waals surface area contributed by atoms with Crippen molar-refractivity contribution >= 4 is 16.6 Å². The normalized spacial score (nSPS) is 22.8. The molecule has 1 saturated heterocycles. The summed E-state index contributed by atoms with van der Waals surface area (Å²) in [5, 5.41) is 13.8. The molecule has 3 atom stereocenters. The van der Waals surface area contributed by atoms with Crippen molar-refractivity contribution < 1.29 is 19.3 Å². The van der Waals surface area contributed by atoms with E-state index in [9.17, 15) is 10.0 Å². The van der Waals surface area contributed by atoms with Crippen LogP contribution in [0.4, 0.5) is 0 Å². The van der Waals surface area contributed by atoms with Crippen molar-refractivity contribution in [1.82, 2.24) is 0 Å². The van der Waals surface area contributed by atoms with E-state index >= 15 is 0 Å². The Morgan fingerprint density at radius 1 is 1.36 bits per heavy atom. The minimum absolute atomic E-state index is 0.133. The van der Waals surface area contributed by atoms with E-state index in [2.05, 4.69) is 0 Å². The smallest absolute Gasteiger partial charge is 0.253 e. The maximum Gasteiger partial charge on any atom is 0.253 e. The van der Waals surface area contributed by atoms with E-state index in [1.807, 2.05) is 42.5 Å². The maximum atomic E-state index is 12.8. The zero-order valence-corrected chi connectivity index (χ0v) is 12.5. The fourth-order valence-corrected chi connectivity index (χ4v) is 2.97. The van der Waals surface area contributed by atoms with Crippen LogP contribution in [0.25, 0.3) is 10.8 Å². The van der Waals surface area contributed by atoms with E-state index in [0.717, 1.165) is 16.3 Å². The van der Waals surface area contributed by atoms with Gasteiger partial charge in [0.25, 0.3) is 6.23 Å². The summed E-state index contributed by atoms with van der Waals surface area (Å²) in [5.41, 5.74) is 0.883. The summed E-state index contributed by atoms with van der Waals surface area (Å²) in [7, 11) is 1.56. The lowest BCUT2D eigenvalue weighted by Crippen LogP contribution is -3.10. The number of rotatable bonds is 5. The van der Waals surface area contributed by atoms with Crippen molar-refractivity contribution in [1.29, 1.82) is 0 Å². The Labute approximate surface area is 129 Å². The molecule has 1 N–H and O–H groups in total. The SMILES string of the molecule is COCC(C(=O)[C@@H]1OCC[NH+]1[O-])c1cccc2ccccc12. The number of methoxy groups -OCH3 is 1. The Morgan fingerprint density at radius 2 is 2.14 bits per heavy atom. The molecule has 116 valence electrons. The number of ether oxygens (including phenoxy) is 2. The predicted molar refractivity (Wildman–Crippen MR) is 82.5 cm³/mol. The van der Waals surface area contributed by atoms with E-state index in [1.165, 1.54) is 0 Å². The summed E-state index contributed by atoms with van der Waals surface area (Å²) < 4.78 is 10.6. The molecule has 1 aliphatic rings. The highest BCUT2D eigenvalue weighted by molar-refractivity contribution is 5.95. The monoisotopic (exact) mass is 301 g/mol. The third-order valence-corrected chi connectivity index (χ3v) is 4.06. The number of hydroxylamine groups is 2. The minimum Gasteiger partial charge on any atom is -0.632 e. The zero-order chi connectivity index (χ0) is 15.5. The zero-order valence-electron chi connectivity index (χ0n) is 12.5. The molecule has 2 aromatic rings. The summed E-state index contributed by atoms with van der Waals surface area (Å²) in [6, 6.07) is 13.7. The quantitative estimate of drug-likeness (QED) is 0.833. The van der Waals surface area contributed by atoms with Crippen molar-refractivity contribution in [3.05, 3.63) is 53.2 Å². The molecule has 3 rings (SSSR count). The molecule has 0 bridgehead atoms. The van der Waals surface area contributed by atoms with Crippen LogP contribution in [0, 0.1) is 5.21 Å². The summed E-state index contributed by atoms with van der Waals surface area (Å²) in [4.78, 5) is 12.8. The number of quaternary nitrogens is 1. The average molecular weight is 301 g/mol. The van der Waals surface area contributed by atoms with Gasteiger partial charge in [0.1, 0.15) is 13.2 Å². The summed E-state index contributed by atoms with van der Waals surface area (Å²) >= 11 is 0. The standard InChI is InChI=1S/C17H19NO4/c1-21-11-15(16(19)17-18(20)9-10-22-17)14-8-4-6-12-5-2-3-7-13(12)14/h2-8,15,17-18H,9-11H2,1H3/t15?,17-/m0/s1. The van der Waals surface area contributed by atoms with Crippen molar-refractivity contribution in [2.75, 3.05) is 26.9 Å². The first-order chi connectivity index (χ1) is 10.7.